The van der Waals surface area contributed by atoms with E-state index in [1.54, 1.807) is 12.1 Å². The number of hydrogen-bond donors (Lipinski definition) is 3. The first-order chi connectivity index (χ1) is 13.0. The van der Waals surface area contributed by atoms with E-state index in [1.807, 2.05) is 31.2 Å². The van der Waals surface area contributed by atoms with Crippen LogP contribution < -0.4 is 15.4 Å². The molecule has 0 radical (unpaired) electrons. The molecule has 1 amide bonds. The van der Waals surface area contributed by atoms with Gasteiger partial charge in [-0.1, -0.05) is 31.2 Å². The number of methoxy groups -OCH3 is 1. The molecule has 0 saturated carbocycles. The summed E-state index contributed by atoms with van der Waals surface area (Å²) >= 11 is 0. The Morgan fingerprint density at radius 1 is 1.11 bits per heavy atom. The van der Waals surface area contributed by atoms with Crippen LogP contribution in [0.4, 0.5) is 5.69 Å². The molecule has 2 rings (SSSR count). The fourth-order valence-electron chi connectivity index (χ4n) is 2.42. The highest BCUT2D eigenvalue weighted by atomic mass is 32.2. The molecule has 146 valence electrons. The Bertz CT molecular complexity index is 869. The molecule has 2 aromatic carbocycles. The third kappa shape index (κ3) is 6.14. The fourth-order valence-corrected chi connectivity index (χ4v) is 3.48. The number of ether oxygens (including phenoxy) is 1. The lowest BCUT2D eigenvalue weighted by Gasteiger charge is -2.12. The molecular weight excluding hydrogens is 366 g/mol. The average molecular weight is 391 g/mol. The lowest BCUT2D eigenvalue weighted by Crippen LogP contribution is -2.27. The zero-order chi connectivity index (χ0) is 19.7. The Hall–Kier alpha value is -2.26. The Morgan fingerprint density at radius 2 is 1.89 bits per heavy atom. The highest BCUT2D eigenvalue weighted by molar-refractivity contribution is 7.89. The van der Waals surface area contributed by atoms with Gasteiger partial charge in [0, 0.05) is 31.5 Å². The zero-order valence-corrected chi connectivity index (χ0v) is 16.3. The molecule has 0 aliphatic carbocycles. The first-order valence-electron chi connectivity index (χ1n) is 8.66. The summed E-state index contributed by atoms with van der Waals surface area (Å²) in [7, 11) is -2.21. The van der Waals surface area contributed by atoms with Gasteiger partial charge in [0.25, 0.3) is 5.91 Å². The molecule has 0 aliphatic rings. The number of rotatable bonds is 10. The van der Waals surface area contributed by atoms with Crippen LogP contribution in [-0.2, 0) is 21.3 Å². The van der Waals surface area contributed by atoms with Gasteiger partial charge in [-0.25, -0.2) is 13.1 Å². The van der Waals surface area contributed by atoms with Gasteiger partial charge >= 0.3 is 0 Å². The van der Waals surface area contributed by atoms with Crippen LogP contribution in [0.25, 0.3) is 0 Å². The minimum Gasteiger partial charge on any atom is -0.383 e. The summed E-state index contributed by atoms with van der Waals surface area (Å²) in [4.78, 5) is 12.6. The number of carbonyl (C=O) groups is 1. The second kappa shape index (κ2) is 10.2. The van der Waals surface area contributed by atoms with Gasteiger partial charge in [0.05, 0.1) is 11.5 Å². The summed E-state index contributed by atoms with van der Waals surface area (Å²) in [5.74, 6) is -0.368. The molecule has 3 N–H and O–H groups in total. The van der Waals surface area contributed by atoms with E-state index in [2.05, 4.69) is 15.4 Å². The van der Waals surface area contributed by atoms with E-state index in [4.69, 9.17) is 4.74 Å². The zero-order valence-electron chi connectivity index (χ0n) is 15.5. The van der Waals surface area contributed by atoms with E-state index >= 15 is 0 Å². The Labute approximate surface area is 160 Å². The van der Waals surface area contributed by atoms with Crippen LogP contribution in [0.5, 0.6) is 0 Å². The molecular formula is C19H25N3O4S. The van der Waals surface area contributed by atoms with Gasteiger partial charge in [0.1, 0.15) is 0 Å². The summed E-state index contributed by atoms with van der Waals surface area (Å²) in [6.45, 7) is 3.88. The van der Waals surface area contributed by atoms with Crippen molar-refractivity contribution in [3.05, 3.63) is 59.7 Å². The van der Waals surface area contributed by atoms with Crippen molar-refractivity contribution in [2.24, 2.45) is 0 Å². The smallest absolute Gasteiger partial charge is 0.255 e. The molecule has 27 heavy (non-hydrogen) atoms. The van der Waals surface area contributed by atoms with Gasteiger partial charge in [-0.05, 0) is 36.4 Å². The molecule has 2 aromatic rings. The van der Waals surface area contributed by atoms with Crippen LogP contribution in [0, 0.1) is 0 Å². The SMILES string of the molecule is CCNCc1ccccc1NC(=O)c1cccc(S(=O)(=O)NCCOC)c1. The minimum absolute atomic E-state index is 0.0344. The summed E-state index contributed by atoms with van der Waals surface area (Å²) in [6, 6.07) is 13.4. The first-order valence-corrected chi connectivity index (χ1v) is 10.1. The molecule has 8 heteroatoms. The van der Waals surface area contributed by atoms with Crippen LogP contribution in [0.15, 0.2) is 53.4 Å². The lowest BCUT2D eigenvalue weighted by atomic mass is 10.1. The van der Waals surface area contributed by atoms with Crippen molar-refractivity contribution < 1.29 is 17.9 Å². The predicted molar refractivity (Wildman–Crippen MR) is 105 cm³/mol. The van der Waals surface area contributed by atoms with Crippen LogP contribution >= 0.6 is 0 Å². The normalized spacial score (nSPS) is 11.3. The Balaban J connectivity index is 2.16. The Morgan fingerprint density at radius 3 is 2.63 bits per heavy atom. The molecule has 0 atom stereocenters. The summed E-state index contributed by atoms with van der Waals surface area (Å²) in [5, 5.41) is 6.07. The number of anilines is 1. The number of carbonyl (C=O) groups excluding carboxylic acids is 1. The van der Waals surface area contributed by atoms with Crippen LogP contribution in [0.3, 0.4) is 0 Å². The predicted octanol–water partition coefficient (Wildman–Crippen LogP) is 1.97. The number of sulfonamides is 1. The lowest BCUT2D eigenvalue weighted by molar-refractivity contribution is 0.102. The van der Waals surface area contributed by atoms with Crippen molar-refractivity contribution in [3.8, 4) is 0 Å². The van der Waals surface area contributed by atoms with Crippen molar-refractivity contribution in [3.63, 3.8) is 0 Å². The quantitative estimate of drug-likeness (QED) is 0.538. The van der Waals surface area contributed by atoms with Crippen LogP contribution in [0.1, 0.15) is 22.8 Å². The molecule has 0 spiro atoms. The monoisotopic (exact) mass is 391 g/mol. The van der Waals surface area contributed by atoms with E-state index in [0.29, 0.717) is 12.2 Å². The third-order valence-electron chi connectivity index (χ3n) is 3.84. The van der Waals surface area contributed by atoms with E-state index in [1.165, 1.54) is 19.2 Å². The molecule has 7 nitrogen and oxygen atoms in total. The average Bonchev–Trinajstić information content (AvgIpc) is 2.67. The molecule has 0 saturated heterocycles. The second-order valence-electron chi connectivity index (χ2n) is 5.81. The maximum atomic E-state index is 12.6. The molecule has 0 aromatic heterocycles. The molecule has 0 bridgehead atoms. The molecule has 0 aliphatic heterocycles. The number of amides is 1. The van der Waals surface area contributed by atoms with Crippen molar-refractivity contribution in [2.75, 3.05) is 32.1 Å². The van der Waals surface area contributed by atoms with Crippen LogP contribution in [-0.4, -0.2) is 41.1 Å². The van der Waals surface area contributed by atoms with Gasteiger partial charge in [0.15, 0.2) is 0 Å². The molecule has 0 unspecified atom stereocenters. The van der Waals surface area contributed by atoms with Gasteiger partial charge in [0.2, 0.25) is 10.0 Å². The number of para-hydroxylation sites is 1. The summed E-state index contributed by atoms with van der Waals surface area (Å²) in [6.07, 6.45) is 0. The molecule has 0 fully saturated rings. The minimum atomic E-state index is -3.70. The van der Waals surface area contributed by atoms with Gasteiger partial charge in [-0.15, -0.1) is 0 Å². The van der Waals surface area contributed by atoms with Crippen molar-refractivity contribution >= 4 is 21.6 Å². The van der Waals surface area contributed by atoms with E-state index in [-0.39, 0.29) is 29.5 Å². The summed E-state index contributed by atoms with van der Waals surface area (Å²) < 4.78 is 31.9. The maximum absolute atomic E-state index is 12.6. The van der Waals surface area contributed by atoms with E-state index < -0.39 is 10.0 Å². The first kappa shape index (κ1) is 21.0. The van der Waals surface area contributed by atoms with Crippen molar-refractivity contribution in [2.45, 2.75) is 18.4 Å². The van der Waals surface area contributed by atoms with Crippen molar-refractivity contribution in [1.82, 2.24) is 10.0 Å². The second-order valence-corrected chi connectivity index (χ2v) is 7.58. The van der Waals surface area contributed by atoms with E-state index in [0.717, 1.165) is 12.1 Å². The Kier molecular flexibility index (Phi) is 7.93. The highest BCUT2D eigenvalue weighted by Gasteiger charge is 2.16. The van der Waals surface area contributed by atoms with Gasteiger partial charge in [-0.3, -0.25) is 4.79 Å². The summed E-state index contributed by atoms with van der Waals surface area (Å²) in [5.41, 5.74) is 1.91. The standard InChI is InChI=1S/C19H25N3O4S/c1-3-20-14-16-7-4-5-10-18(16)22-19(23)15-8-6-9-17(13-15)27(24,25)21-11-12-26-2/h4-10,13,20-21H,3,11-12,14H2,1-2H3,(H,22,23). The van der Waals surface area contributed by atoms with E-state index in [9.17, 15) is 13.2 Å². The van der Waals surface area contributed by atoms with Gasteiger partial charge in [-0.2, -0.15) is 0 Å². The fraction of sp³-hybridized carbons (Fsp3) is 0.316. The topological polar surface area (TPSA) is 96.5 Å². The largest absolute Gasteiger partial charge is 0.383 e. The third-order valence-corrected chi connectivity index (χ3v) is 5.29. The van der Waals surface area contributed by atoms with Gasteiger partial charge < -0.3 is 15.4 Å². The van der Waals surface area contributed by atoms with Crippen LogP contribution in [0.2, 0.25) is 0 Å². The molecule has 0 heterocycles. The van der Waals surface area contributed by atoms with Crippen molar-refractivity contribution in [1.29, 1.82) is 0 Å². The number of nitrogens with one attached hydrogen (secondary N) is 3. The number of benzene rings is 2. The maximum Gasteiger partial charge on any atom is 0.255 e. The number of hydrogen-bond acceptors (Lipinski definition) is 5. The highest BCUT2D eigenvalue weighted by Crippen LogP contribution is 2.17.